The molecular formula is C14H18N6O. The predicted molar refractivity (Wildman–Crippen MR) is 77.3 cm³/mol. The molecule has 1 aliphatic carbocycles. The van der Waals surface area contributed by atoms with E-state index in [1.165, 1.54) is 17.7 Å². The van der Waals surface area contributed by atoms with Crippen molar-refractivity contribution in [2.24, 2.45) is 5.92 Å². The van der Waals surface area contributed by atoms with Gasteiger partial charge in [-0.1, -0.05) is 5.16 Å². The van der Waals surface area contributed by atoms with Crippen molar-refractivity contribution >= 4 is 11.8 Å². The number of fused-ring (bicyclic) bond motifs is 1. The van der Waals surface area contributed by atoms with E-state index in [4.69, 9.17) is 4.52 Å². The summed E-state index contributed by atoms with van der Waals surface area (Å²) in [5, 5.41) is 15.6. The first-order valence-corrected chi connectivity index (χ1v) is 7.42. The third kappa shape index (κ3) is 2.43. The number of aryl methyl sites for hydroxylation is 3. The van der Waals surface area contributed by atoms with Gasteiger partial charge in [0.15, 0.2) is 11.6 Å². The molecule has 4 rings (SSSR count). The lowest BCUT2D eigenvalue weighted by Gasteiger charge is -2.39. The first-order valence-electron chi connectivity index (χ1n) is 7.42. The maximum absolute atomic E-state index is 5.04. The Hall–Kier alpha value is -2.18. The third-order valence-electron chi connectivity index (χ3n) is 4.16. The molecule has 21 heavy (non-hydrogen) atoms. The Bertz CT molecular complexity index is 649. The minimum atomic E-state index is 0.503. The van der Waals surface area contributed by atoms with Crippen LogP contribution in [0.5, 0.6) is 0 Å². The largest absolute Gasteiger partial charge is 0.354 e. The van der Waals surface area contributed by atoms with E-state index < -0.39 is 0 Å². The molecule has 1 saturated heterocycles. The monoisotopic (exact) mass is 286 g/mol. The van der Waals surface area contributed by atoms with Crippen molar-refractivity contribution in [1.29, 1.82) is 0 Å². The number of aromatic nitrogens is 4. The second-order valence-corrected chi connectivity index (χ2v) is 5.83. The number of nitrogens with zero attached hydrogens (tertiary/aromatic N) is 5. The molecule has 2 aromatic rings. The zero-order valence-electron chi connectivity index (χ0n) is 12.0. The fourth-order valence-electron chi connectivity index (χ4n) is 2.96. The number of hydrogen-bond acceptors (Lipinski definition) is 7. The SMILES string of the molecule is Cc1noc(NCC2CN(c3cc4c(nn3)CCC4)C2)n1. The maximum atomic E-state index is 5.04. The lowest BCUT2D eigenvalue weighted by atomic mass is 10.00. The van der Waals surface area contributed by atoms with Gasteiger partial charge in [0.1, 0.15) is 0 Å². The van der Waals surface area contributed by atoms with E-state index in [2.05, 4.69) is 36.6 Å². The summed E-state index contributed by atoms with van der Waals surface area (Å²) in [5.74, 6) is 2.24. The van der Waals surface area contributed by atoms with Crippen LogP contribution in [-0.2, 0) is 12.8 Å². The summed E-state index contributed by atoms with van der Waals surface area (Å²) < 4.78 is 5.04. The molecule has 1 N–H and O–H groups in total. The summed E-state index contributed by atoms with van der Waals surface area (Å²) in [7, 11) is 0. The molecule has 0 bridgehead atoms. The van der Waals surface area contributed by atoms with Gasteiger partial charge < -0.3 is 14.7 Å². The highest BCUT2D eigenvalue weighted by Gasteiger charge is 2.29. The van der Waals surface area contributed by atoms with E-state index in [1.54, 1.807) is 0 Å². The molecule has 0 saturated carbocycles. The fourth-order valence-corrected chi connectivity index (χ4v) is 2.96. The predicted octanol–water partition coefficient (Wildman–Crippen LogP) is 1.21. The van der Waals surface area contributed by atoms with Crippen LogP contribution in [0, 0.1) is 12.8 Å². The van der Waals surface area contributed by atoms with E-state index >= 15 is 0 Å². The highest BCUT2D eigenvalue weighted by Crippen LogP contribution is 2.27. The first kappa shape index (κ1) is 12.6. The molecule has 0 aromatic carbocycles. The van der Waals surface area contributed by atoms with E-state index in [1.807, 2.05) is 6.92 Å². The van der Waals surface area contributed by atoms with Crippen molar-refractivity contribution in [2.75, 3.05) is 29.9 Å². The molecule has 110 valence electrons. The summed E-state index contributed by atoms with van der Waals surface area (Å²) in [6, 6.07) is 2.71. The minimum Gasteiger partial charge on any atom is -0.354 e. The van der Waals surface area contributed by atoms with E-state index in [0.717, 1.165) is 38.3 Å². The van der Waals surface area contributed by atoms with Gasteiger partial charge in [0.05, 0.1) is 5.69 Å². The van der Waals surface area contributed by atoms with Crippen molar-refractivity contribution in [3.8, 4) is 0 Å². The van der Waals surface area contributed by atoms with Crippen LogP contribution in [0.4, 0.5) is 11.8 Å². The molecule has 0 radical (unpaired) electrons. The summed E-state index contributed by atoms with van der Waals surface area (Å²) in [6.07, 6.45) is 3.44. The second kappa shape index (κ2) is 4.98. The summed E-state index contributed by atoms with van der Waals surface area (Å²) >= 11 is 0. The Morgan fingerprint density at radius 2 is 2.24 bits per heavy atom. The van der Waals surface area contributed by atoms with Crippen LogP contribution in [0.3, 0.4) is 0 Å². The maximum Gasteiger partial charge on any atom is 0.321 e. The first-order chi connectivity index (χ1) is 10.3. The van der Waals surface area contributed by atoms with Crippen LogP contribution in [0.2, 0.25) is 0 Å². The molecule has 0 unspecified atom stereocenters. The van der Waals surface area contributed by atoms with Crippen LogP contribution < -0.4 is 10.2 Å². The van der Waals surface area contributed by atoms with Crippen molar-refractivity contribution < 1.29 is 4.52 Å². The molecule has 1 fully saturated rings. The molecule has 3 heterocycles. The van der Waals surface area contributed by atoms with Crippen LogP contribution in [0.1, 0.15) is 23.5 Å². The van der Waals surface area contributed by atoms with Crippen molar-refractivity contribution in [1.82, 2.24) is 20.3 Å². The normalized spacial score (nSPS) is 17.7. The standard InChI is InChI=1S/C14H18N6O/c1-9-16-14(21-19-9)15-6-10-7-20(8-10)13-5-11-3-2-4-12(11)17-18-13/h5,10H,2-4,6-8H2,1H3,(H,15,16,19). The van der Waals surface area contributed by atoms with E-state index in [9.17, 15) is 0 Å². The molecule has 2 aliphatic rings. The summed E-state index contributed by atoms with van der Waals surface area (Å²) in [5.41, 5.74) is 2.56. The lowest BCUT2D eigenvalue weighted by Crippen LogP contribution is -2.50. The Labute approximate surface area is 122 Å². The molecule has 0 atom stereocenters. The smallest absolute Gasteiger partial charge is 0.321 e. The number of rotatable bonds is 4. The average molecular weight is 286 g/mol. The van der Waals surface area contributed by atoms with Gasteiger partial charge in [-0.3, -0.25) is 0 Å². The van der Waals surface area contributed by atoms with Crippen LogP contribution in [-0.4, -0.2) is 40.0 Å². The Morgan fingerprint density at radius 3 is 3.05 bits per heavy atom. The van der Waals surface area contributed by atoms with Crippen molar-refractivity contribution in [3.05, 3.63) is 23.1 Å². The minimum absolute atomic E-state index is 0.503. The molecule has 1 aliphatic heterocycles. The Kier molecular flexibility index (Phi) is 2.98. The molecule has 0 amide bonds. The van der Waals surface area contributed by atoms with Gasteiger partial charge in [0.25, 0.3) is 0 Å². The zero-order chi connectivity index (χ0) is 14.2. The van der Waals surface area contributed by atoms with Crippen molar-refractivity contribution in [3.63, 3.8) is 0 Å². The number of anilines is 2. The molecule has 2 aromatic heterocycles. The van der Waals surface area contributed by atoms with Gasteiger partial charge >= 0.3 is 6.01 Å². The van der Waals surface area contributed by atoms with Crippen LogP contribution in [0.15, 0.2) is 10.6 Å². The van der Waals surface area contributed by atoms with Gasteiger partial charge in [-0.25, -0.2) is 0 Å². The topological polar surface area (TPSA) is 80.0 Å². The zero-order valence-corrected chi connectivity index (χ0v) is 12.0. The molecule has 7 heteroatoms. The molecule has 0 spiro atoms. The Balaban J connectivity index is 1.31. The summed E-state index contributed by atoms with van der Waals surface area (Å²) in [4.78, 5) is 6.41. The summed E-state index contributed by atoms with van der Waals surface area (Å²) in [6.45, 7) is 4.64. The van der Waals surface area contributed by atoms with Crippen LogP contribution >= 0.6 is 0 Å². The van der Waals surface area contributed by atoms with E-state index in [-0.39, 0.29) is 0 Å². The fraction of sp³-hybridized carbons (Fsp3) is 0.571. The van der Waals surface area contributed by atoms with Gasteiger partial charge in [-0.15, -0.1) is 5.10 Å². The highest BCUT2D eigenvalue weighted by molar-refractivity contribution is 5.45. The average Bonchev–Trinajstić information content (AvgIpc) is 3.05. The molecule has 7 nitrogen and oxygen atoms in total. The quantitative estimate of drug-likeness (QED) is 0.904. The Morgan fingerprint density at radius 1 is 1.33 bits per heavy atom. The van der Waals surface area contributed by atoms with Gasteiger partial charge in [0.2, 0.25) is 0 Å². The van der Waals surface area contributed by atoms with Gasteiger partial charge in [0, 0.05) is 25.6 Å². The number of nitrogens with one attached hydrogen (secondary N) is 1. The number of hydrogen-bond donors (Lipinski definition) is 1. The molecular weight excluding hydrogens is 268 g/mol. The lowest BCUT2D eigenvalue weighted by molar-refractivity contribution is 0.400. The third-order valence-corrected chi connectivity index (χ3v) is 4.16. The van der Waals surface area contributed by atoms with Gasteiger partial charge in [-0.05, 0) is 37.8 Å². The van der Waals surface area contributed by atoms with Crippen molar-refractivity contribution in [2.45, 2.75) is 26.2 Å². The highest BCUT2D eigenvalue weighted by atomic mass is 16.5. The van der Waals surface area contributed by atoms with E-state index in [0.29, 0.717) is 17.8 Å². The van der Waals surface area contributed by atoms with Gasteiger partial charge in [-0.2, -0.15) is 10.1 Å². The second-order valence-electron chi connectivity index (χ2n) is 5.83. The van der Waals surface area contributed by atoms with Crippen LogP contribution in [0.25, 0.3) is 0 Å².